The van der Waals surface area contributed by atoms with E-state index in [1.165, 1.54) is 7.05 Å². The van der Waals surface area contributed by atoms with Crippen LogP contribution in [-0.2, 0) is 14.4 Å². The molecule has 0 bridgehead atoms. The number of allylic oxidation sites excluding steroid dienone is 2. The number of carbonyl (C=O) groups is 3. The van der Waals surface area contributed by atoms with Gasteiger partial charge in [-0.25, -0.2) is 0 Å². The predicted octanol–water partition coefficient (Wildman–Crippen LogP) is 0.542. The Hall–Kier alpha value is -1.85. The Morgan fingerprint density at radius 2 is 1.75 bits per heavy atom. The molecular weight excluding hydrogens is 260 g/mol. The highest BCUT2D eigenvalue weighted by molar-refractivity contribution is 5.86. The molecule has 1 rings (SSSR count). The van der Waals surface area contributed by atoms with E-state index in [4.69, 9.17) is 5.11 Å². The fourth-order valence-electron chi connectivity index (χ4n) is 2.23. The molecule has 6 nitrogen and oxygen atoms in total. The first-order valence-electron chi connectivity index (χ1n) is 6.67. The number of carbonyl (C=O) groups excluding carboxylic acids is 2. The predicted molar refractivity (Wildman–Crippen MR) is 73.8 cm³/mol. The molecule has 0 aliphatic heterocycles. The smallest absolute Gasteiger partial charge is 0.307 e. The number of carboxylic acids is 1. The number of aliphatic carboxylic acids is 1. The Morgan fingerprint density at radius 1 is 1.20 bits per heavy atom. The molecule has 0 aromatic rings. The molecule has 6 heteroatoms. The van der Waals surface area contributed by atoms with E-state index < -0.39 is 23.2 Å². The zero-order valence-corrected chi connectivity index (χ0v) is 12.1. The van der Waals surface area contributed by atoms with Crippen LogP contribution in [-0.4, -0.2) is 36.5 Å². The van der Waals surface area contributed by atoms with Crippen LogP contribution >= 0.6 is 0 Å². The summed E-state index contributed by atoms with van der Waals surface area (Å²) in [5, 5.41) is 14.4. The first kappa shape index (κ1) is 16.2. The van der Waals surface area contributed by atoms with E-state index in [0.29, 0.717) is 12.8 Å². The van der Waals surface area contributed by atoms with E-state index in [1.807, 2.05) is 6.08 Å². The molecule has 20 heavy (non-hydrogen) atoms. The second-order valence-corrected chi connectivity index (χ2v) is 5.67. The second-order valence-electron chi connectivity index (χ2n) is 5.67. The second kappa shape index (κ2) is 6.54. The van der Waals surface area contributed by atoms with Gasteiger partial charge in [0.25, 0.3) is 0 Å². The van der Waals surface area contributed by atoms with Gasteiger partial charge in [0.1, 0.15) is 0 Å². The van der Waals surface area contributed by atoms with Crippen molar-refractivity contribution in [3.8, 4) is 0 Å². The fourth-order valence-corrected chi connectivity index (χ4v) is 2.23. The molecule has 1 aliphatic carbocycles. The summed E-state index contributed by atoms with van der Waals surface area (Å²) in [5.41, 5.74) is -0.729. The number of rotatable bonds is 5. The van der Waals surface area contributed by atoms with Crippen LogP contribution in [0.4, 0.5) is 0 Å². The minimum atomic E-state index is -0.958. The van der Waals surface area contributed by atoms with Gasteiger partial charge in [0, 0.05) is 13.6 Å². The van der Waals surface area contributed by atoms with Crippen molar-refractivity contribution in [3.63, 3.8) is 0 Å². The number of nitrogens with one attached hydrogen (secondary N) is 2. The third-order valence-corrected chi connectivity index (χ3v) is 3.63. The maximum Gasteiger partial charge on any atom is 0.307 e. The van der Waals surface area contributed by atoms with Crippen molar-refractivity contribution in [2.45, 2.75) is 26.7 Å². The lowest BCUT2D eigenvalue weighted by atomic mass is 9.82. The lowest BCUT2D eigenvalue weighted by molar-refractivity contribution is -0.147. The van der Waals surface area contributed by atoms with Crippen LogP contribution in [0.1, 0.15) is 26.7 Å². The van der Waals surface area contributed by atoms with E-state index in [0.717, 1.165) is 0 Å². The average Bonchev–Trinajstić information content (AvgIpc) is 2.43. The zero-order valence-electron chi connectivity index (χ0n) is 12.1. The van der Waals surface area contributed by atoms with Crippen molar-refractivity contribution < 1.29 is 19.5 Å². The minimum Gasteiger partial charge on any atom is -0.481 e. The van der Waals surface area contributed by atoms with Crippen molar-refractivity contribution >= 4 is 17.8 Å². The summed E-state index contributed by atoms with van der Waals surface area (Å²) in [7, 11) is 1.54. The van der Waals surface area contributed by atoms with Crippen molar-refractivity contribution in [1.29, 1.82) is 0 Å². The van der Waals surface area contributed by atoms with Gasteiger partial charge in [-0.15, -0.1) is 0 Å². The Bertz CT molecular complexity index is 429. The van der Waals surface area contributed by atoms with Crippen molar-refractivity contribution in [3.05, 3.63) is 12.2 Å². The molecule has 0 radical (unpaired) electrons. The lowest BCUT2D eigenvalue weighted by Crippen LogP contribution is -2.46. The van der Waals surface area contributed by atoms with Crippen LogP contribution in [0.25, 0.3) is 0 Å². The molecule has 0 aromatic carbocycles. The van der Waals surface area contributed by atoms with Gasteiger partial charge in [-0.1, -0.05) is 12.2 Å². The van der Waals surface area contributed by atoms with Gasteiger partial charge in [-0.2, -0.15) is 0 Å². The highest BCUT2D eigenvalue weighted by Crippen LogP contribution is 2.26. The molecule has 0 aromatic heterocycles. The molecule has 0 unspecified atom stereocenters. The van der Waals surface area contributed by atoms with E-state index >= 15 is 0 Å². The molecule has 0 saturated heterocycles. The zero-order chi connectivity index (χ0) is 15.3. The van der Waals surface area contributed by atoms with E-state index in [1.54, 1.807) is 19.9 Å². The highest BCUT2D eigenvalue weighted by Gasteiger charge is 2.35. The van der Waals surface area contributed by atoms with E-state index in [2.05, 4.69) is 10.6 Å². The largest absolute Gasteiger partial charge is 0.481 e. The average molecular weight is 282 g/mol. The number of amides is 2. The Kier molecular flexibility index (Phi) is 5.30. The number of carboxylic acid groups (broad SMARTS) is 1. The lowest BCUT2D eigenvalue weighted by Gasteiger charge is -2.27. The quantitative estimate of drug-likeness (QED) is 0.641. The first-order valence-corrected chi connectivity index (χ1v) is 6.67. The van der Waals surface area contributed by atoms with Gasteiger partial charge < -0.3 is 15.7 Å². The monoisotopic (exact) mass is 282 g/mol. The van der Waals surface area contributed by atoms with E-state index in [-0.39, 0.29) is 18.4 Å². The van der Waals surface area contributed by atoms with Gasteiger partial charge in [-0.05, 0) is 26.7 Å². The van der Waals surface area contributed by atoms with Crippen molar-refractivity contribution in [2.24, 2.45) is 17.3 Å². The summed E-state index contributed by atoms with van der Waals surface area (Å²) in [5.74, 6) is -2.70. The van der Waals surface area contributed by atoms with Gasteiger partial charge in [0.15, 0.2) is 0 Å². The maximum absolute atomic E-state index is 12.1. The molecular formula is C14H22N2O4. The van der Waals surface area contributed by atoms with Crippen LogP contribution < -0.4 is 10.6 Å². The number of hydrogen-bond donors (Lipinski definition) is 3. The summed E-state index contributed by atoms with van der Waals surface area (Å²) in [6, 6.07) is 0. The third-order valence-electron chi connectivity index (χ3n) is 3.63. The molecule has 1 aliphatic rings. The molecule has 2 atom stereocenters. The summed E-state index contributed by atoms with van der Waals surface area (Å²) in [6.45, 7) is 3.63. The van der Waals surface area contributed by atoms with Crippen LogP contribution in [0.5, 0.6) is 0 Å². The summed E-state index contributed by atoms with van der Waals surface area (Å²) < 4.78 is 0. The van der Waals surface area contributed by atoms with Crippen LogP contribution in [0.3, 0.4) is 0 Å². The van der Waals surface area contributed by atoms with E-state index in [9.17, 15) is 14.4 Å². The molecule has 3 N–H and O–H groups in total. The Balaban J connectivity index is 2.64. The first-order chi connectivity index (χ1) is 9.29. The minimum absolute atomic E-state index is 0.170. The molecule has 0 spiro atoms. The molecule has 2 amide bonds. The molecule has 0 heterocycles. The van der Waals surface area contributed by atoms with Gasteiger partial charge in [-0.3, -0.25) is 14.4 Å². The van der Waals surface area contributed by atoms with Crippen molar-refractivity contribution in [1.82, 2.24) is 10.6 Å². The Labute approximate surface area is 118 Å². The van der Waals surface area contributed by atoms with Crippen molar-refractivity contribution in [2.75, 3.05) is 13.6 Å². The fraction of sp³-hybridized carbons (Fsp3) is 0.643. The third kappa shape index (κ3) is 3.82. The van der Waals surface area contributed by atoms with Gasteiger partial charge in [0.2, 0.25) is 11.8 Å². The summed E-state index contributed by atoms with van der Waals surface area (Å²) >= 11 is 0. The standard InChI is InChI=1S/C14H22N2O4/c1-14(2,13(20)15-3)8-16-11(17)9-6-4-5-7-10(9)12(18)19/h4-5,9-10H,6-8H2,1-3H3,(H,15,20)(H,16,17)(H,18,19)/t9-,10+/m1/s1. The molecule has 0 saturated carbocycles. The molecule has 0 fully saturated rings. The summed E-state index contributed by atoms with van der Waals surface area (Å²) in [6.07, 6.45) is 4.40. The van der Waals surface area contributed by atoms with Gasteiger partial charge >= 0.3 is 5.97 Å². The Morgan fingerprint density at radius 3 is 2.25 bits per heavy atom. The van der Waals surface area contributed by atoms with Crippen LogP contribution in [0, 0.1) is 17.3 Å². The molecule has 112 valence electrons. The maximum atomic E-state index is 12.1. The normalized spacial score (nSPS) is 22.1. The topological polar surface area (TPSA) is 95.5 Å². The van der Waals surface area contributed by atoms with Gasteiger partial charge in [0.05, 0.1) is 17.3 Å². The van der Waals surface area contributed by atoms with Crippen LogP contribution in [0.15, 0.2) is 12.2 Å². The summed E-state index contributed by atoms with van der Waals surface area (Å²) in [4.78, 5) is 34.9. The van der Waals surface area contributed by atoms with Crippen LogP contribution in [0.2, 0.25) is 0 Å². The number of hydrogen-bond acceptors (Lipinski definition) is 3. The SMILES string of the molecule is CNC(=O)C(C)(C)CNC(=O)[C@@H]1CC=CC[C@@H]1C(=O)O. The highest BCUT2D eigenvalue weighted by atomic mass is 16.4.